The zero-order chi connectivity index (χ0) is 29.8. The number of hydrogen-bond acceptors (Lipinski definition) is 8. The fraction of sp³-hybridized carbons (Fsp3) is 0.125. The molecule has 4 aromatic rings. The highest BCUT2D eigenvalue weighted by molar-refractivity contribution is 5.93. The minimum absolute atomic E-state index is 0.0457. The van der Waals surface area contributed by atoms with Gasteiger partial charge in [0.2, 0.25) is 0 Å². The van der Waals surface area contributed by atoms with Crippen LogP contribution in [0.25, 0.3) is 22.3 Å². The van der Waals surface area contributed by atoms with E-state index in [0.717, 1.165) is 17.2 Å². The minimum atomic E-state index is -0.887. The second kappa shape index (κ2) is 14.7. The molecule has 8 nitrogen and oxygen atoms in total. The number of benzene rings is 4. The summed E-state index contributed by atoms with van der Waals surface area (Å²) >= 11 is 0. The zero-order valence-electron chi connectivity index (χ0n) is 22.3. The maximum Gasteiger partial charge on any atom is 0.322 e. The second-order valence-electron chi connectivity index (χ2n) is 8.70. The minimum Gasteiger partial charge on any atom is -0.426 e. The van der Waals surface area contributed by atoms with Gasteiger partial charge in [0.1, 0.15) is 23.7 Å². The van der Waals surface area contributed by atoms with E-state index in [9.17, 15) is 14.0 Å². The van der Waals surface area contributed by atoms with Crippen molar-refractivity contribution in [1.29, 1.82) is 10.5 Å². The predicted molar refractivity (Wildman–Crippen MR) is 152 cm³/mol. The molecular formula is C32H27FN4O4. The van der Waals surface area contributed by atoms with Gasteiger partial charge in [-0.1, -0.05) is 30.3 Å². The molecular weight excluding hydrogens is 523 g/mol. The molecule has 41 heavy (non-hydrogen) atoms. The van der Waals surface area contributed by atoms with Crippen LogP contribution in [0.1, 0.15) is 23.1 Å². The van der Waals surface area contributed by atoms with Gasteiger partial charge in [-0.25, -0.2) is 4.39 Å². The molecule has 0 atom stereocenters. The second-order valence-corrected chi connectivity index (χ2v) is 8.70. The molecule has 0 radical (unpaired) electrons. The summed E-state index contributed by atoms with van der Waals surface area (Å²) in [6.07, 6.45) is -0.657. The first-order valence-corrected chi connectivity index (χ1v) is 12.5. The Kier molecular flexibility index (Phi) is 10.8. The van der Waals surface area contributed by atoms with Crippen LogP contribution in [0.2, 0.25) is 0 Å². The molecule has 0 bridgehead atoms. The third kappa shape index (κ3) is 8.57. The standard InChI is InChI=1S/C30H19FN2O4.C2H8N2/c1-19-14-24(22-6-2-20(17-32)3-7-22)10-13-28(19)37-30(35)16-29(34)36-25-11-12-26(27(31)15-25)23-8-4-21(18-33)5-9-23;3-1-2-4/h2-15H,16H2,1H3;1-4H2. The van der Waals surface area contributed by atoms with Gasteiger partial charge in [0.05, 0.1) is 23.3 Å². The van der Waals surface area contributed by atoms with Crippen LogP contribution < -0.4 is 20.9 Å². The zero-order valence-corrected chi connectivity index (χ0v) is 22.3. The topological polar surface area (TPSA) is 152 Å². The molecule has 4 rings (SSSR count). The Morgan fingerprint density at radius 1 is 0.732 bits per heavy atom. The summed E-state index contributed by atoms with van der Waals surface area (Å²) < 4.78 is 25.0. The lowest BCUT2D eigenvalue weighted by Gasteiger charge is -2.10. The third-order valence-electron chi connectivity index (χ3n) is 5.70. The number of carbonyl (C=O) groups is 2. The Balaban J connectivity index is 0.00000108. The monoisotopic (exact) mass is 550 g/mol. The van der Waals surface area contributed by atoms with Crippen molar-refractivity contribution in [1.82, 2.24) is 0 Å². The van der Waals surface area contributed by atoms with E-state index in [4.69, 9.17) is 31.5 Å². The Hall–Kier alpha value is -5.35. The Bertz CT molecular complexity index is 1600. The highest BCUT2D eigenvalue weighted by Gasteiger charge is 2.17. The molecule has 0 saturated carbocycles. The number of nitrogens with zero attached hydrogens (tertiary/aromatic N) is 2. The van der Waals surface area contributed by atoms with E-state index in [1.54, 1.807) is 55.5 Å². The molecule has 0 unspecified atom stereocenters. The maximum absolute atomic E-state index is 14.6. The lowest BCUT2D eigenvalue weighted by molar-refractivity contribution is -0.144. The lowest BCUT2D eigenvalue weighted by Crippen LogP contribution is -2.18. The van der Waals surface area contributed by atoms with Gasteiger partial charge < -0.3 is 20.9 Å². The number of ether oxygens (including phenoxy) is 2. The van der Waals surface area contributed by atoms with Crippen molar-refractivity contribution < 1.29 is 23.5 Å². The van der Waals surface area contributed by atoms with Gasteiger partial charge in [0, 0.05) is 24.7 Å². The van der Waals surface area contributed by atoms with Crippen LogP contribution in [0.5, 0.6) is 11.5 Å². The molecule has 0 amide bonds. The van der Waals surface area contributed by atoms with E-state index < -0.39 is 24.2 Å². The van der Waals surface area contributed by atoms with E-state index in [2.05, 4.69) is 6.07 Å². The van der Waals surface area contributed by atoms with E-state index in [1.165, 1.54) is 12.1 Å². The number of halogens is 1. The first-order valence-electron chi connectivity index (χ1n) is 12.5. The van der Waals surface area contributed by atoms with Gasteiger partial charge >= 0.3 is 11.9 Å². The highest BCUT2D eigenvalue weighted by Crippen LogP contribution is 2.28. The summed E-state index contributed by atoms with van der Waals surface area (Å²) in [6, 6.07) is 26.7. The third-order valence-corrected chi connectivity index (χ3v) is 5.70. The molecule has 9 heteroatoms. The smallest absolute Gasteiger partial charge is 0.322 e. The quantitative estimate of drug-likeness (QED) is 0.185. The predicted octanol–water partition coefficient (Wildman–Crippen LogP) is 5.02. The average Bonchev–Trinajstić information content (AvgIpc) is 2.98. The normalized spacial score (nSPS) is 9.90. The van der Waals surface area contributed by atoms with Gasteiger partial charge in [-0.3, -0.25) is 9.59 Å². The van der Waals surface area contributed by atoms with E-state index >= 15 is 0 Å². The fourth-order valence-corrected chi connectivity index (χ4v) is 3.64. The van der Waals surface area contributed by atoms with Crippen LogP contribution in [0.15, 0.2) is 84.9 Å². The van der Waals surface area contributed by atoms with Crippen molar-refractivity contribution in [2.24, 2.45) is 11.5 Å². The van der Waals surface area contributed by atoms with Crippen LogP contribution in [0.4, 0.5) is 4.39 Å². The van der Waals surface area contributed by atoms with Crippen LogP contribution >= 0.6 is 0 Å². The molecule has 0 aliphatic rings. The lowest BCUT2D eigenvalue weighted by atomic mass is 10.0. The van der Waals surface area contributed by atoms with Crippen LogP contribution in [0.3, 0.4) is 0 Å². The number of nitriles is 2. The van der Waals surface area contributed by atoms with Crippen LogP contribution in [-0.2, 0) is 9.59 Å². The SMILES string of the molecule is Cc1cc(-c2ccc(C#N)cc2)ccc1OC(=O)CC(=O)Oc1ccc(-c2ccc(C#N)cc2)c(F)c1.NCCN. The van der Waals surface area contributed by atoms with Gasteiger partial charge in [-0.05, 0) is 77.7 Å². The summed E-state index contributed by atoms with van der Waals surface area (Å²) in [7, 11) is 0. The molecule has 0 saturated heterocycles. The van der Waals surface area contributed by atoms with Gasteiger partial charge in [0.25, 0.3) is 0 Å². The Morgan fingerprint density at radius 3 is 1.78 bits per heavy atom. The number of nitrogens with two attached hydrogens (primary N) is 2. The summed E-state index contributed by atoms with van der Waals surface area (Å²) in [5, 5.41) is 17.8. The Labute approximate surface area is 237 Å². The molecule has 206 valence electrons. The number of aryl methyl sites for hydroxylation is 1. The first kappa shape index (κ1) is 30.2. The molecule has 0 heterocycles. The molecule has 4 N–H and O–H groups in total. The molecule has 0 aliphatic carbocycles. The average molecular weight is 551 g/mol. The number of esters is 2. The van der Waals surface area contributed by atoms with Gasteiger partial charge in [-0.15, -0.1) is 0 Å². The van der Waals surface area contributed by atoms with Crippen LogP contribution in [0, 0.1) is 35.4 Å². The van der Waals surface area contributed by atoms with Crippen molar-refractivity contribution in [3.05, 3.63) is 107 Å². The van der Waals surface area contributed by atoms with E-state index in [-0.39, 0.29) is 11.3 Å². The summed E-state index contributed by atoms with van der Waals surface area (Å²) in [5.74, 6) is -2.06. The molecule has 0 aliphatic heterocycles. The first-order chi connectivity index (χ1) is 19.8. The fourth-order valence-electron chi connectivity index (χ4n) is 3.64. The van der Waals surface area contributed by atoms with Crippen molar-refractivity contribution in [3.8, 4) is 45.9 Å². The molecule has 4 aromatic carbocycles. The number of carbonyl (C=O) groups excluding carboxylic acids is 2. The van der Waals surface area contributed by atoms with Gasteiger partial charge in [-0.2, -0.15) is 10.5 Å². The van der Waals surface area contributed by atoms with Gasteiger partial charge in [0.15, 0.2) is 0 Å². The molecule has 0 aromatic heterocycles. The van der Waals surface area contributed by atoms with Crippen molar-refractivity contribution >= 4 is 11.9 Å². The summed E-state index contributed by atoms with van der Waals surface area (Å²) in [6.45, 7) is 2.96. The number of hydrogen-bond donors (Lipinski definition) is 2. The molecule has 0 fully saturated rings. The van der Waals surface area contributed by atoms with E-state index in [0.29, 0.717) is 41.1 Å². The van der Waals surface area contributed by atoms with Crippen molar-refractivity contribution in [3.63, 3.8) is 0 Å². The van der Waals surface area contributed by atoms with Crippen molar-refractivity contribution in [2.45, 2.75) is 13.3 Å². The highest BCUT2D eigenvalue weighted by atomic mass is 19.1. The van der Waals surface area contributed by atoms with E-state index in [1.807, 2.05) is 24.3 Å². The molecule has 0 spiro atoms. The van der Waals surface area contributed by atoms with Crippen molar-refractivity contribution in [2.75, 3.05) is 13.1 Å². The summed E-state index contributed by atoms with van der Waals surface area (Å²) in [5.41, 5.74) is 14.1. The summed E-state index contributed by atoms with van der Waals surface area (Å²) in [4.78, 5) is 24.5. The number of rotatable bonds is 7. The largest absolute Gasteiger partial charge is 0.426 e. The Morgan fingerprint density at radius 2 is 1.27 bits per heavy atom. The maximum atomic E-state index is 14.6. The van der Waals surface area contributed by atoms with Crippen LogP contribution in [-0.4, -0.2) is 25.0 Å².